The number of hydrogen-bond donors (Lipinski definition) is 2. The Kier molecular flexibility index (Phi) is 9.34. The van der Waals surface area contributed by atoms with Crippen LogP contribution in [0.1, 0.15) is 59.3 Å². The summed E-state index contributed by atoms with van der Waals surface area (Å²) in [5.41, 5.74) is -0.566. The fraction of sp³-hybridized carbons (Fsp3) is 0.609. The minimum Gasteiger partial charge on any atom is -0.450 e. The largest absolute Gasteiger partial charge is 0.450 e. The molecule has 8 heteroatoms. The second-order valence-electron chi connectivity index (χ2n) is 8.42. The average Bonchev–Trinajstić information content (AvgIpc) is 3.02. The number of ketones is 1. The maximum atomic E-state index is 12.3. The van der Waals surface area contributed by atoms with E-state index in [1.165, 1.54) is 37.8 Å². The van der Waals surface area contributed by atoms with Crippen LogP contribution in [0.25, 0.3) is 0 Å². The molecule has 31 heavy (non-hydrogen) atoms. The van der Waals surface area contributed by atoms with Crippen LogP contribution in [0.3, 0.4) is 0 Å². The Balaban J connectivity index is 1.93. The first kappa shape index (κ1) is 25.6. The van der Waals surface area contributed by atoms with Gasteiger partial charge in [0, 0.05) is 12.5 Å². The van der Waals surface area contributed by atoms with Crippen LogP contribution >= 0.6 is 23.2 Å². The lowest BCUT2D eigenvalue weighted by Crippen LogP contribution is -2.52. The van der Waals surface area contributed by atoms with E-state index in [1.807, 2.05) is 6.92 Å². The van der Waals surface area contributed by atoms with Gasteiger partial charge in [-0.1, -0.05) is 68.9 Å². The van der Waals surface area contributed by atoms with E-state index in [0.29, 0.717) is 5.92 Å². The van der Waals surface area contributed by atoms with Gasteiger partial charge in [-0.05, 0) is 25.3 Å². The van der Waals surface area contributed by atoms with E-state index in [-0.39, 0.29) is 11.5 Å². The molecule has 1 spiro atoms. The van der Waals surface area contributed by atoms with Crippen LogP contribution in [-0.2, 0) is 19.1 Å². The highest BCUT2D eigenvalue weighted by atomic mass is 35.5. The van der Waals surface area contributed by atoms with Crippen LogP contribution in [0.4, 0.5) is 0 Å². The predicted octanol–water partition coefficient (Wildman–Crippen LogP) is 3.94. The summed E-state index contributed by atoms with van der Waals surface area (Å²) >= 11 is 11.8. The molecule has 0 saturated carbocycles. The molecule has 1 aliphatic heterocycles. The SMILES string of the molecule is CCCCCC[C@@H](C)/C=C(C)/C=C/C(=O)N[C@H]1C[C@]2(C=C(Cl)C(=O)[C@@H](Cl)[C@@H]2O)OC1=O. The molecule has 172 valence electrons. The molecule has 1 saturated heterocycles. The number of ether oxygens (including phenoxy) is 1. The number of amides is 1. The van der Waals surface area contributed by atoms with Crippen molar-refractivity contribution in [3.63, 3.8) is 0 Å². The maximum absolute atomic E-state index is 12.3. The van der Waals surface area contributed by atoms with Crippen LogP contribution in [-0.4, -0.2) is 45.9 Å². The highest BCUT2D eigenvalue weighted by molar-refractivity contribution is 6.49. The van der Waals surface area contributed by atoms with Crippen LogP contribution in [0.15, 0.2) is 34.9 Å². The van der Waals surface area contributed by atoms with Crippen molar-refractivity contribution in [3.8, 4) is 0 Å². The number of esters is 1. The molecule has 6 nitrogen and oxygen atoms in total. The summed E-state index contributed by atoms with van der Waals surface area (Å²) in [6.07, 6.45) is 10.9. The number of rotatable bonds is 9. The number of carbonyl (C=O) groups excluding carboxylic acids is 3. The molecule has 0 radical (unpaired) electrons. The lowest BCUT2D eigenvalue weighted by molar-refractivity contribution is -0.155. The Bertz CT molecular complexity index is 791. The van der Waals surface area contributed by atoms with Gasteiger partial charge >= 0.3 is 5.97 Å². The predicted molar refractivity (Wildman–Crippen MR) is 121 cm³/mol. The number of aliphatic hydroxyl groups excluding tert-OH is 1. The zero-order valence-electron chi connectivity index (χ0n) is 18.2. The summed E-state index contributed by atoms with van der Waals surface area (Å²) in [6, 6.07) is -0.980. The minimum atomic E-state index is -1.53. The van der Waals surface area contributed by atoms with Gasteiger partial charge in [-0.3, -0.25) is 9.59 Å². The quantitative estimate of drug-likeness (QED) is 0.174. The molecule has 1 fully saturated rings. The number of allylic oxidation sites excluding steroid dienone is 4. The van der Waals surface area contributed by atoms with Gasteiger partial charge in [0.15, 0.2) is 11.4 Å². The first-order valence-corrected chi connectivity index (χ1v) is 11.6. The Morgan fingerprint density at radius 3 is 2.74 bits per heavy atom. The summed E-state index contributed by atoms with van der Waals surface area (Å²) in [5, 5.41) is 11.4. The zero-order valence-corrected chi connectivity index (χ0v) is 19.7. The number of nitrogens with one attached hydrogen (secondary N) is 1. The van der Waals surface area contributed by atoms with E-state index in [0.717, 1.165) is 12.0 Å². The third-order valence-electron chi connectivity index (χ3n) is 5.61. The smallest absolute Gasteiger partial charge is 0.329 e. The van der Waals surface area contributed by atoms with Crippen molar-refractivity contribution in [2.45, 2.75) is 82.4 Å². The number of unbranched alkanes of at least 4 members (excludes halogenated alkanes) is 3. The molecular weight excluding hydrogens is 441 g/mol. The van der Waals surface area contributed by atoms with Gasteiger partial charge < -0.3 is 15.2 Å². The van der Waals surface area contributed by atoms with E-state index < -0.39 is 40.8 Å². The number of hydrogen-bond acceptors (Lipinski definition) is 5. The third kappa shape index (κ3) is 6.67. The lowest BCUT2D eigenvalue weighted by atomic mass is 9.83. The first-order chi connectivity index (χ1) is 14.6. The van der Waals surface area contributed by atoms with Gasteiger partial charge in [0.1, 0.15) is 17.5 Å². The Morgan fingerprint density at radius 2 is 2.06 bits per heavy atom. The second kappa shape index (κ2) is 11.3. The van der Waals surface area contributed by atoms with Crippen LogP contribution in [0.2, 0.25) is 0 Å². The molecule has 0 aromatic heterocycles. The van der Waals surface area contributed by atoms with E-state index in [1.54, 1.807) is 6.08 Å². The number of halogens is 2. The van der Waals surface area contributed by atoms with Crippen molar-refractivity contribution >= 4 is 40.9 Å². The molecule has 2 rings (SSSR count). The summed E-state index contributed by atoms with van der Waals surface area (Å²) in [5.74, 6) is -1.38. The summed E-state index contributed by atoms with van der Waals surface area (Å²) in [6.45, 7) is 6.27. The molecule has 0 aromatic carbocycles. The number of aliphatic hydroxyl groups is 1. The molecule has 0 aromatic rings. The Morgan fingerprint density at radius 1 is 1.35 bits per heavy atom. The van der Waals surface area contributed by atoms with Gasteiger partial charge in [0.05, 0.1) is 5.03 Å². The Labute approximate surface area is 193 Å². The van der Waals surface area contributed by atoms with Crippen LogP contribution in [0, 0.1) is 5.92 Å². The van der Waals surface area contributed by atoms with Crippen molar-refractivity contribution in [1.82, 2.24) is 5.32 Å². The molecule has 5 atom stereocenters. The summed E-state index contributed by atoms with van der Waals surface area (Å²) in [7, 11) is 0. The molecule has 1 heterocycles. The Hall–Kier alpha value is -1.63. The van der Waals surface area contributed by atoms with Crippen molar-refractivity contribution in [2.75, 3.05) is 0 Å². The van der Waals surface area contributed by atoms with E-state index in [2.05, 4.69) is 25.2 Å². The standard InChI is InChI=1S/C23H31Cl2NO5/c1-4-5-6-7-8-14(2)11-15(3)9-10-18(27)26-17-13-23(31-22(17)30)12-16(24)20(28)19(25)21(23)29/h9-12,14,17,19,21,29H,4-8,13H2,1-3H3,(H,26,27)/b10-9+,15-11+/t14-,17+,19-,21+,23+/m1/s1. The lowest BCUT2D eigenvalue weighted by Gasteiger charge is -2.35. The van der Waals surface area contributed by atoms with Gasteiger partial charge in [-0.25, -0.2) is 4.79 Å². The monoisotopic (exact) mass is 471 g/mol. The highest BCUT2D eigenvalue weighted by Gasteiger charge is 2.56. The molecule has 0 unspecified atom stereocenters. The number of Topliss-reactive ketones (excluding diaryl/α,β-unsaturated/α-hetero) is 1. The fourth-order valence-corrected chi connectivity index (χ4v) is 4.57. The first-order valence-electron chi connectivity index (χ1n) is 10.7. The van der Waals surface area contributed by atoms with E-state index in [4.69, 9.17) is 27.9 Å². The molecule has 0 bridgehead atoms. The molecule has 2 aliphatic rings. The van der Waals surface area contributed by atoms with Gasteiger partial charge in [-0.15, -0.1) is 11.6 Å². The van der Waals surface area contributed by atoms with Crippen molar-refractivity contribution in [1.29, 1.82) is 0 Å². The highest BCUT2D eigenvalue weighted by Crippen LogP contribution is 2.40. The molecule has 1 amide bonds. The van der Waals surface area contributed by atoms with Crippen molar-refractivity contribution < 1.29 is 24.2 Å². The summed E-state index contributed by atoms with van der Waals surface area (Å²) < 4.78 is 5.30. The van der Waals surface area contributed by atoms with E-state index in [9.17, 15) is 19.5 Å². The van der Waals surface area contributed by atoms with Gasteiger partial charge in [-0.2, -0.15) is 0 Å². The normalized spacial score (nSPS) is 29.9. The fourth-order valence-electron chi connectivity index (χ4n) is 3.88. The molecular formula is C23H31Cl2NO5. The second-order valence-corrected chi connectivity index (χ2v) is 9.29. The number of carbonyl (C=O) groups is 3. The topological polar surface area (TPSA) is 92.7 Å². The summed E-state index contributed by atoms with van der Waals surface area (Å²) in [4.78, 5) is 36.4. The van der Waals surface area contributed by atoms with Crippen LogP contribution < -0.4 is 5.32 Å². The third-order valence-corrected chi connectivity index (χ3v) is 6.34. The van der Waals surface area contributed by atoms with Gasteiger partial charge in [0.25, 0.3) is 0 Å². The molecule has 1 aliphatic carbocycles. The average molecular weight is 472 g/mol. The van der Waals surface area contributed by atoms with Gasteiger partial charge in [0.2, 0.25) is 5.91 Å². The minimum absolute atomic E-state index is 0.0666. The molecule has 2 N–H and O–H groups in total. The van der Waals surface area contributed by atoms with Crippen molar-refractivity contribution in [3.05, 3.63) is 34.9 Å². The van der Waals surface area contributed by atoms with E-state index >= 15 is 0 Å². The zero-order chi connectivity index (χ0) is 23.2. The number of alkyl halides is 1. The van der Waals surface area contributed by atoms with Crippen molar-refractivity contribution in [2.24, 2.45) is 5.92 Å². The van der Waals surface area contributed by atoms with Crippen LogP contribution in [0.5, 0.6) is 0 Å². The maximum Gasteiger partial charge on any atom is 0.329 e.